The molecule has 0 aromatic carbocycles. The minimum absolute atomic E-state index is 0.268. The number of ether oxygens (including phenoxy) is 1. The van der Waals surface area contributed by atoms with Gasteiger partial charge in [-0.3, -0.25) is 9.35 Å². The lowest BCUT2D eigenvalue weighted by molar-refractivity contribution is -0.148. The van der Waals surface area contributed by atoms with Gasteiger partial charge in [-0.1, -0.05) is 39.0 Å². The van der Waals surface area contributed by atoms with E-state index < -0.39 is 27.9 Å². The Balaban J connectivity index is 2.42. The average Bonchev–Trinajstić information content (AvgIpc) is 2.44. The number of carbonyl (C=O) groups is 1. The molecule has 130 valence electrons. The van der Waals surface area contributed by atoms with Crippen LogP contribution < -0.4 is 5.32 Å². The van der Waals surface area contributed by atoms with Gasteiger partial charge < -0.3 is 10.1 Å². The molecule has 0 aliphatic heterocycles. The molecule has 22 heavy (non-hydrogen) atoms. The van der Waals surface area contributed by atoms with Crippen molar-refractivity contribution < 1.29 is 22.5 Å². The maximum absolute atomic E-state index is 11.7. The summed E-state index contributed by atoms with van der Waals surface area (Å²) < 4.78 is 36.4. The van der Waals surface area contributed by atoms with Crippen molar-refractivity contribution in [3.8, 4) is 0 Å². The van der Waals surface area contributed by atoms with Gasteiger partial charge in [0, 0.05) is 19.0 Å². The number of esters is 1. The van der Waals surface area contributed by atoms with Gasteiger partial charge in [-0.05, 0) is 19.3 Å². The number of unbranched alkanes of at least 4 members (excludes halogenated alkanes) is 2. The van der Waals surface area contributed by atoms with Crippen LogP contribution in [-0.4, -0.2) is 43.4 Å². The van der Waals surface area contributed by atoms with E-state index in [9.17, 15) is 13.2 Å². The van der Waals surface area contributed by atoms with Crippen LogP contribution in [0.15, 0.2) is 0 Å². The zero-order valence-corrected chi connectivity index (χ0v) is 14.2. The van der Waals surface area contributed by atoms with Crippen molar-refractivity contribution >= 4 is 16.1 Å². The second kappa shape index (κ2) is 10.2. The predicted molar refractivity (Wildman–Crippen MR) is 85.3 cm³/mol. The summed E-state index contributed by atoms with van der Waals surface area (Å²) in [7, 11) is -4.16. The second-order valence-corrected chi connectivity index (χ2v) is 7.56. The number of carbonyl (C=O) groups excluding carboxylic acids is 1. The fraction of sp³-hybridized carbons (Fsp3) is 0.933. The molecule has 2 N–H and O–H groups in total. The highest BCUT2D eigenvalue weighted by atomic mass is 32.2. The van der Waals surface area contributed by atoms with E-state index in [0.717, 1.165) is 44.9 Å². The molecule has 0 spiro atoms. The quantitative estimate of drug-likeness (QED) is 0.361. The summed E-state index contributed by atoms with van der Waals surface area (Å²) in [6.07, 6.45) is 7.83. The lowest BCUT2D eigenvalue weighted by Crippen LogP contribution is -2.41. The van der Waals surface area contributed by atoms with Crippen LogP contribution in [0.3, 0.4) is 0 Å². The van der Waals surface area contributed by atoms with Crippen LogP contribution in [0.2, 0.25) is 0 Å². The van der Waals surface area contributed by atoms with Crippen molar-refractivity contribution in [3.05, 3.63) is 0 Å². The summed E-state index contributed by atoms with van der Waals surface area (Å²) in [6, 6.07) is 0.344. The Morgan fingerprint density at radius 1 is 1.27 bits per heavy atom. The van der Waals surface area contributed by atoms with E-state index in [1.165, 1.54) is 6.42 Å². The van der Waals surface area contributed by atoms with Crippen molar-refractivity contribution in [2.75, 3.05) is 12.3 Å². The molecular formula is C15H29NO5S. The molecule has 0 heterocycles. The smallest absolute Gasteiger partial charge is 0.306 e. The normalized spacial score (nSPS) is 18.1. The zero-order chi connectivity index (χ0) is 16.4. The van der Waals surface area contributed by atoms with Crippen molar-refractivity contribution in [2.45, 2.75) is 76.9 Å². The maximum atomic E-state index is 11.7. The van der Waals surface area contributed by atoms with Gasteiger partial charge in [0.2, 0.25) is 0 Å². The Morgan fingerprint density at radius 2 is 1.95 bits per heavy atom. The first-order valence-corrected chi connectivity index (χ1v) is 9.89. The van der Waals surface area contributed by atoms with E-state index in [1.54, 1.807) is 0 Å². The topological polar surface area (TPSA) is 92.7 Å². The summed E-state index contributed by atoms with van der Waals surface area (Å²) in [4.78, 5) is 11.7. The van der Waals surface area contributed by atoms with Crippen LogP contribution in [0.25, 0.3) is 0 Å². The molecule has 0 saturated heterocycles. The van der Waals surface area contributed by atoms with Crippen LogP contribution in [0.4, 0.5) is 0 Å². The summed E-state index contributed by atoms with van der Waals surface area (Å²) in [5.41, 5.74) is 0. The first-order valence-electron chi connectivity index (χ1n) is 8.28. The fourth-order valence-corrected chi connectivity index (χ4v) is 3.39. The Morgan fingerprint density at radius 3 is 2.55 bits per heavy atom. The number of rotatable bonds is 10. The van der Waals surface area contributed by atoms with Gasteiger partial charge in [0.15, 0.2) is 0 Å². The molecule has 1 unspecified atom stereocenters. The molecular weight excluding hydrogens is 306 g/mol. The molecule has 0 radical (unpaired) electrons. The van der Waals surface area contributed by atoms with Crippen molar-refractivity contribution in [2.24, 2.45) is 0 Å². The van der Waals surface area contributed by atoms with Gasteiger partial charge in [0.1, 0.15) is 11.9 Å². The van der Waals surface area contributed by atoms with Gasteiger partial charge in [0.25, 0.3) is 10.1 Å². The van der Waals surface area contributed by atoms with E-state index in [2.05, 4.69) is 5.32 Å². The zero-order valence-electron chi connectivity index (χ0n) is 13.4. The van der Waals surface area contributed by atoms with Gasteiger partial charge in [-0.15, -0.1) is 0 Å². The highest BCUT2D eigenvalue weighted by Gasteiger charge is 2.22. The third kappa shape index (κ3) is 9.38. The first kappa shape index (κ1) is 19.4. The number of nitrogens with one attached hydrogen (secondary N) is 1. The summed E-state index contributed by atoms with van der Waals surface area (Å²) in [5.74, 6) is -0.945. The van der Waals surface area contributed by atoms with E-state index in [-0.39, 0.29) is 6.54 Å². The van der Waals surface area contributed by atoms with Crippen LogP contribution in [0.5, 0.6) is 0 Å². The molecule has 1 aliphatic rings. The monoisotopic (exact) mass is 335 g/mol. The molecule has 0 aromatic heterocycles. The second-order valence-electron chi connectivity index (χ2n) is 6.06. The average molecular weight is 335 g/mol. The molecule has 1 saturated carbocycles. The molecule has 0 amide bonds. The minimum Gasteiger partial charge on any atom is -0.460 e. The molecule has 6 nitrogen and oxygen atoms in total. The molecule has 0 bridgehead atoms. The van der Waals surface area contributed by atoms with E-state index in [0.29, 0.717) is 12.5 Å². The van der Waals surface area contributed by atoms with Gasteiger partial charge in [0.05, 0.1) is 0 Å². The van der Waals surface area contributed by atoms with Gasteiger partial charge in [-0.2, -0.15) is 8.42 Å². The molecule has 1 fully saturated rings. The highest BCUT2D eigenvalue weighted by Crippen LogP contribution is 2.17. The standard InChI is InChI=1S/C15H29NO5S/c1-2-3-5-10-15(17)21-14(12-22(18,19)20)11-16-13-8-6-4-7-9-13/h13-14,16H,2-12H2,1H3,(H,18,19,20). The highest BCUT2D eigenvalue weighted by molar-refractivity contribution is 7.85. The van der Waals surface area contributed by atoms with Crippen LogP contribution in [-0.2, 0) is 19.6 Å². The van der Waals surface area contributed by atoms with Gasteiger partial charge >= 0.3 is 5.97 Å². The molecule has 1 rings (SSSR count). The fourth-order valence-electron chi connectivity index (χ4n) is 2.74. The minimum atomic E-state index is -4.16. The summed E-state index contributed by atoms with van der Waals surface area (Å²) in [6.45, 7) is 2.31. The van der Waals surface area contributed by atoms with Crippen molar-refractivity contribution in [1.82, 2.24) is 5.32 Å². The molecule has 1 aliphatic carbocycles. The Hall–Kier alpha value is -0.660. The lowest BCUT2D eigenvalue weighted by atomic mass is 9.95. The number of hydrogen-bond acceptors (Lipinski definition) is 5. The number of hydrogen-bond donors (Lipinski definition) is 2. The van der Waals surface area contributed by atoms with Crippen LogP contribution in [0.1, 0.15) is 64.7 Å². The molecule has 0 aromatic rings. The van der Waals surface area contributed by atoms with E-state index >= 15 is 0 Å². The van der Waals surface area contributed by atoms with Gasteiger partial charge in [-0.25, -0.2) is 0 Å². The predicted octanol–water partition coefficient (Wildman–Crippen LogP) is 2.29. The molecule has 1 atom stereocenters. The Bertz CT molecular complexity index is 418. The maximum Gasteiger partial charge on any atom is 0.306 e. The SMILES string of the molecule is CCCCCC(=O)OC(CNC1CCCCC1)CS(=O)(=O)O. The largest absolute Gasteiger partial charge is 0.460 e. The third-order valence-electron chi connectivity index (χ3n) is 3.92. The Labute approximate surface area is 133 Å². The first-order chi connectivity index (χ1) is 10.4. The Kier molecular flexibility index (Phi) is 8.97. The third-order valence-corrected chi connectivity index (χ3v) is 4.71. The van der Waals surface area contributed by atoms with Crippen molar-refractivity contribution in [3.63, 3.8) is 0 Å². The lowest BCUT2D eigenvalue weighted by Gasteiger charge is -2.25. The van der Waals surface area contributed by atoms with E-state index in [4.69, 9.17) is 9.29 Å². The summed E-state index contributed by atoms with van der Waals surface area (Å²) >= 11 is 0. The van der Waals surface area contributed by atoms with Crippen LogP contribution >= 0.6 is 0 Å². The van der Waals surface area contributed by atoms with Crippen molar-refractivity contribution in [1.29, 1.82) is 0 Å². The van der Waals surface area contributed by atoms with Crippen LogP contribution in [0, 0.1) is 0 Å². The summed E-state index contributed by atoms with van der Waals surface area (Å²) in [5, 5.41) is 3.26. The molecule has 7 heteroatoms. The van der Waals surface area contributed by atoms with E-state index in [1.807, 2.05) is 6.92 Å².